The van der Waals surface area contributed by atoms with Crippen LogP contribution in [0.3, 0.4) is 0 Å². The van der Waals surface area contributed by atoms with Crippen LogP contribution in [0, 0.1) is 0 Å². The first-order chi connectivity index (χ1) is 10.7. The fraction of sp³-hybridized carbons (Fsp3) is 0.588. The van der Waals surface area contributed by atoms with Crippen molar-refractivity contribution in [2.75, 3.05) is 25.9 Å². The van der Waals surface area contributed by atoms with Gasteiger partial charge in [-0.15, -0.1) is 0 Å². The number of nitrogens with one attached hydrogen (secondary N) is 2. The summed E-state index contributed by atoms with van der Waals surface area (Å²) < 4.78 is 23.2. The minimum absolute atomic E-state index is 0.261. The topological polar surface area (TPSA) is 75.3 Å². The summed E-state index contributed by atoms with van der Waals surface area (Å²) in [6, 6.07) is 9.91. The van der Waals surface area contributed by atoms with Gasteiger partial charge in [0, 0.05) is 18.2 Å². The van der Waals surface area contributed by atoms with Crippen LogP contribution in [0.5, 0.6) is 0 Å². The smallest absolute Gasteiger partial charge is 0.241 e. The lowest BCUT2D eigenvalue weighted by Crippen LogP contribution is -2.58. The average molecular weight is 338 g/mol. The number of carbonyl (C=O) groups is 1. The van der Waals surface area contributed by atoms with Crippen molar-refractivity contribution >= 4 is 15.7 Å². The van der Waals surface area contributed by atoms with E-state index in [0.29, 0.717) is 32.5 Å². The van der Waals surface area contributed by atoms with Crippen LogP contribution >= 0.6 is 0 Å². The molecule has 1 aromatic carbocycles. The quantitative estimate of drug-likeness (QED) is 0.847. The minimum atomic E-state index is -3.47. The molecule has 0 radical (unpaired) electrons. The van der Waals surface area contributed by atoms with Gasteiger partial charge in [-0.25, -0.2) is 8.42 Å². The normalized spacial score (nSPS) is 18.4. The first-order valence-corrected chi connectivity index (χ1v) is 9.82. The van der Waals surface area contributed by atoms with Crippen molar-refractivity contribution < 1.29 is 13.2 Å². The van der Waals surface area contributed by atoms with Crippen molar-refractivity contribution in [3.8, 4) is 0 Å². The summed E-state index contributed by atoms with van der Waals surface area (Å²) in [5, 5.41) is 6.01. The highest BCUT2D eigenvalue weighted by Crippen LogP contribution is 2.29. The maximum absolute atomic E-state index is 12.7. The van der Waals surface area contributed by atoms with Crippen LogP contribution in [0.15, 0.2) is 30.3 Å². The standard InChI is InChI=1S/C17H26N2O3S/c1-16(2,14-7-5-4-6-8-14)13-19-15(20)17(23(3,21)22)9-11-18-12-10-17/h4-8,18H,9-13H2,1-3H3,(H,19,20). The van der Waals surface area contributed by atoms with Crippen LogP contribution in [-0.2, 0) is 20.0 Å². The van der Waals surface area contributed by atoms with E-state index in [1.807, 2.05) is 44.2 Å². The van der Waals surface area contributed by atoms with Gasteiger partial charge >= 0.3 is 0 Å². The Morgan fingerprint density at radius 1 is 1.22 bits per heavy atom. The highest BCUT2D eigenvalue weighted by atomic mass is 32.2. The summed E-state index contributed by atoms with van der Waals surface area (Å²) >= 11 is 0. The van der Waals surface area contributed by atoms with Gasteiger partial charge in [-0.05, 0) is 31.5 Å². The predicted molar refractivity (Wildman–Crippen MR) is 92.2 cm³/mol. The Kier molecular flexibility index (Phi) is 5.16. The molecule has 2 rings (SSSR count). The molecule has 1 aromatic rings. The summed E-state index contributed by atoms with van der Waals surface area (Å²) in [5.74, 6) is -0.370. The van der Waals surface area contributed by atoms with Crippen molar-refractivity contribution in [3.05, 3.63) is 35.9 Å². The average Bonchev–Trinajstić information content (AvgIpc) is 2.53. The van der Waals surface area contributed by atoms with Crippen molar-refractivity contribution in [2.45, 2.75) is 36.9 Å². The number of benzene rings is 1. The lowest BCUT2D eigenvalue weighted by Gasteiger charge is -2.35. The summed E-state index contributed by atoms with van der Waals surface area (Å²) in [6.45, 7) is 5.57. The highest BCUT2D eigenvalue weighted by Gasteiger charge is 2.48. The zero-order valence-corrected chi connectivity index (χ0v) is 14.9. The third kappa shape index (κ3) is 3.75. The summed E-state index contributed by atoms with van der Waals surface area (Å²) in [7, 11) is -3.47. The van der Waals surface area contributed by atoms with Gasteiger partial charge in [-0.1, -0.05) is 44.2 Å². The first-order valence-electron chi connectivity index (χ1n) is 7.93. The highest BCUT2D eigenvalue weighted by molar-refractivity contribution is 7.92. The predicted octanol–water partition coefficient (Wildman–Crippen LogP) is 1.25. The third-order valence-corrected chi connectivity index (χ3v) is 6.79. The molecule has 2 N–H and O–H groups in total. The maximum atomic E-state index is 12.7. The van der Waals surface area contributed by atoms with Crippen molar-refractivity contribution in [1.82, 2.24) is 10.6 Å². The Morgan fingerprint density at radius 3 is 2.30 bits per heavy atom. The molecule has 0 aromatic heterocycles. The number of hydrogen-bond acceptors (Lipinski definition) is 4. The molecule has 1 aliphatic heterocycles. The number of rotatable bonds is 5. The van der Waals surface area contributed by atoms with Gasteiger partial charge < -0.3 is 10.6 Å². The van der Waals surface area contributed by atoms with E-state index < -0.39 is 14.6 Å². The van der Waals surface area contributed by atoms with Crippen LogP contribution in [0.4, 0.5) is 0 Å². The molecule has 0 unspecified atom stereocenters. The number of hydrogen-bond donors (Lipinski definition) is 2. The summed E-state index contributed by atoms with van der Waals surface area (Å²) in [4.78, 5) is 12.7. The Morgan fingerprint density at radius 2 is 1.78 bits per heavy atom. The lowest BCUT2D eigenvalue weighted by atomic mass is 9.84. The fourth-order valence-electron chi connectivity index (χ4n) is 3.05. The molecule has 5 nitrogen and oxygen atoms in total. The van der Waals surface area contributed by atoms with Crippen LogP contribution in [0.2, 0.25) is 0 Å². The Balaban J connectivity index is 2.14. The third-order valence-electron chi connectivity index (χ3n) is 4.78. The summed E-state index contributed by atoms with van der Waals surface area (Å²) in [5.41, 5.74) is 0.849. The van der Waals surface area contributed by atoms with E-state index in [4.69, 9.17) is 0 Å². The molecule has 1 aliphatic rings. The minimum Gasteiger partial charge on any atom is -0.354 e. The lowest BCUT2D eigenvalue weighted by molar-refractivity contribution is -0.124. The maximum Gasteiger partial charge on any atom is 0.241 e. The van der Waals surface area contributed by atoms with E-state index in [0.717, 1.165) is 5.56 Å². The van der Waals surface area contributed by atoms with E-state index in [9.17, 15) is 13.2 Å². The monoisotopic (exact) mass is 338 g/mol. The van der Waals surface area contributed by atoms with E-state index in [2.05, 4.69) is 10.6 Å². The van der Waals surface area contributed by atoms with Gasteiger partial charge in [0.15, 0.2) is 14.6 Å². The molecular weight excluding hydrogens is 312 g/mol. The van der Waals surface area contributed by atoms with Crippen LogP contribution in [0.1, 0.15) is 32.3 Å². The Bertz CT molecular complexity index is 648. The molecule has 0 bridgehead atoms. The number of piperidine rings is 1. The zero-order valence-electron chi connectivity index (χ0n) is 14.1. The Labute approximate surface area is 138 Å². The van der Waals surface area contributed by atoms with Gasteiger partial charge in [0.25, 0.3) is 0 Å². The van der Waals surface area contributed by atoms with Gasteiger partial charge in [-0.2, -0.15) is 0 Å². The van der Waals surface area contributed by atoms with E-state index >= 15 is 0 Å². The molecular formula is C17H26N2O3S. The fourth-order valence-corrected chi connectivity index (χ4v) is 4.41. The number of carbonyl (C=O) groups excluding carboxylic acids is 1. The molecule has 0 atom stereocenters. The second-order valence-corrected chi connectivity index (χ2v) is 9.27. The van der Waals surface area contributed by atoms with Crippen molar-refractivity contribution in [2.24, 2.45) is 0 Å². The molecule has 0 saturated carbocycles. The van der Waals surface area contributed by atoms with Gasteiger partial charge in [0.1, 0.15) is 0 Å². The van der Waals surface area contributed by atoms with Crippen molar-refractivity contribution in [3.63, 3.8) is 0 Å². The molecule has 0 spiro atoms. The number of amides is 1. The second kappa shape index (κ2) is 6.61. The number of sulfone groups is 1. The molecule has 128 valence electrons. The van der Waals surface area contributed by atoms with E-state index in [-0.39, 0.29) is 11.3 Å². The first kappa shape index (κ1) is 17.9. The van der Waals surface area contributed by atoms with Crippen molar-refractivity contribution in [1.29, 1.82) is 0 Å². The van der Waals surface area contributed by atoms with Gasteiger partial charge in [0.05, 0.1) is 0 Å². The zero-order chi connectivity index (χ0) is 17.1. The molecule has 23 heavy (non-hydrogen) atoms. The molecule has 6 heteroatoms. The Hall–Kier alpha value is -1.40. The van der Waals surface area contributed by atoms with E-state index in [1.54, 1.807) is 0 Å². The van der Waals surface area contributed by atoms with Gasteiger partial charge in [0.2, 0.25) is 5.91 Å². The SMILES string of the molecule is CC(C)(CNC(=O)C1(S(C)(=O)=O)CCNCC1)c1ccccc1. The molecule has 1 amide bonds. The molecule has 0 aliphatic carbocycles. The molecule has 1 fully saturated rings. The van der Waals surface area contributed by atoms with Crippen LogP contribution in [0.25, 0.3) is 0 Å². The summed E-state index contributed by atoms with van der Waals surface area (Å²) in [6.07, 6.45) is 1.81. The largest absolute Gasteiger partial charge is 0.354 e. The van der Waals surface area contributed by atoms with Crippen LogP contribution in [-0.4, -0.2) is 45.0 Å². The van der Waals surface area contributed by atoms with E-state index in [1.165, 1.54) is 6.26 Å². The molecule has 1 saturated heterocycles. The van der Waals surface area contributed by atoms with Gasteiger partial charge in [-0.3, -0.25) is 4.79 Å². The molecule has 1 heterocycles. The second-order valence-electron chi connectivity index (χ2n) is 6.95. The van der Waals surface area contributed by atoms with Crippen LogP contribution < -0.4 is 10.6 Å².